The van der Waals surface area contributed by atoms with Crippen LogP contribution in [0.1, 0.15) is 49.1 Å². The van der Waals surface area contributed by atoms with Crippen LogP contribution in [0.25, 0.3) is 11.1 Å². The summed E-state index contributed by atoms with van der Waals surface area (Å²) in [7, 11) is 0. The van der Waals surface area contributed by atoms with E-state index in [0.29, 0.717) is 19.4 Å². The molecule has 0 unspecified atom stereocenters. The highest BCUT2D eigenvalue weighted by Gasteiger charge is 2.29. The van der Waals surface area contributed by atoms with Gasteiger partial charge in [-0.15, -0.1) is 0 Å². The highest BCUT2D eigenvalue weighted by molar-refractivity contribution is 5.85. The average molecular weight is 337 g/mol. The van der Waals surface area contributed by atoms with Crippen molar-refractivity contribution in [3.8, 4) is 11.1 Å². The van der Waals surface area contributed by atoms with E-state index in [2.05, 4.69) is 29.0 Å². The van der Waals surface area contributed by atoms with Crippen molar-refractivity contribution in [2.75, 3.05) is 6.61 Å². The van der Waals surface area contributed by atoms with Gasteiger partial charge in [0, 0.05) is 18.8 Å². The number of unbranched alkanes of at least 4 members (excludes halogenated alkanes) is 2. The smallest absolute Gasteiger partial charge is 0.404 e. The highest BCUT2D eigenvalue weighted by atomic mass is 16.5. The molecule has 0 radical (unpaired) electrons. The monoisotopic (exact) mass is 337 g/mol. The Bertz CT molecular complexity index is 724. The Labute approximate surface area is 148 Å². The molecule has 0 aromatic heterocycles. The summed E-state index contributed by atoms with van der Waals surface area (Å²) in [6.45, 7) is 0.326. The molecule has 1 amide bonds. The Hall–Kier alpha value is -2.62. The molecule has 2 N–H and O–H groups in total. The van der Waals surface area contributed by atoms with E-state index < -0.39 is 6.09 Å². The Morgan fingerprint density at radius 2 is 1.48 bits per heavy atom. The van der Waals surface area contributed by atoms with E-state index in [9.17, 15) is 9.59 Å². The third-order valence-electron chi connectivity index (χ3n) is 4.74. The van der Waals surface area contributed by atoms with Crippen LogP contribution in [0, 0.1) is 0 Å². The van der Waals surface area contributed by atoms with Crippen LogP contribution < -0.4 is 5.73 Å². The second-order valence-corrected chi connectivity index (χ2v) is 6.45. The van der Waals surface area contributed by atoms with Crippen LogP contribution in [0.2, 0.25) is 0 Å². The van der Waals surface area contributed by atoms with E-state index in [1.807, 2.05) is 24.3 Å². The molecular weight excluding hydrogens is 314 g/mol. The topological polar surface area (TPSA) is 69.4 Å². The maximum absolute atomic E-state index is 12.5. The number of rotatable bonds is 8. The predicted octanol–water partition coefficient (Wildman–Crippen LogP) is 4.41. The van der Waals surface area contributed by atoms with Crippen molar-refractivity contribution in [2.24, 2.45) is 5.73 Å². The summed E-state index contributed by atoms with van der Waals surface area (Å²) < 4.78 is 4.69. The minimum Gasteiger partial charge on any atom is -0.450 e. The lowest BCUT2D eigenvalue weighted by atomic mass is 9.90. The average Bonchev–Trinajstić information content (AvgIpc) is 2.92. The summed E-state index contributed by atoms with van der Waals surface area (Å²) >= 11 is 0. The summed E-state index contributed by atoms with van der Waals surface area (Å²) in [6, 6.07) is 16.7. The van der Waals surface area contributed by atoms with Gasteiger partial charge in [0.15, 0.2) is 0 Å². The number of nitrogens with two attached hydrogens (primary N) is 1. The standard InChI is InChI=1S/C21H23NO3/c22-21(24)25-13-7-1-2-8-15(23)14-20-18-11-5-3-9-16(18)17-10-4-6-12-19(17)20/h3-6,9-12,20H,1-2,7-8,13-14H2,(H2,22,24). The number of ketones is 1. The van der Waals surface area contributed by atoms with Crippen LogP contribution in [0.3, 0.4) is 0 Å². The first kappa shape index (κ1) is 17.2. The first-order chi connectivity index (χ1) is 12.2. The van der Waals surface area contributed by atoms with Crippen LogP contribution in [0.15, 0.2) is 48.5 Å². The molecule has 0 saturated carbocycles. The third-order valence-corrected chi connectivity index (χ3v) is 4.74. The zero-order valence-corrected chi connectivity index (χ0v) is 14.2. The molecule has 1 aliphatic rings. The van der Waals surface area contributed by atoms with Crippen LogP contribution >= 0.6 is 0 Å². The van der Waals surface area contributed by atoms with Gasteiger partial charge < -0.3 is 10.5 Å². The van der Waals surface area contributed by atoms with E-state index in [0.717, 1.165) is 19.3 Å². The van der Waals surface area contributed by atoms with Crippen molar-refractivity contribution in [1.29, 1.82) is 0 Å². The zero-order chi connectivity index (χ0) is 17.6. The number of hydrogen-bond acceptors (Lipinski definition) is 3. The fourth-order valence-electron chi connectivity index (χ4n) is 3.58. The minimum absolute atomic E-state index is 0.165. The number of hydrogen-bond donors (Lipinski definition) is 1. The van der Waals surface area contributed by atoms with Crippen LogP contribution in [0.4, 0.5) is 4.79 Å². The van der Waals surface area contributed by atoms with Gasteiger partial charge in [-0.25, -0.2) is 4.79 Å². The van der Waals surface area contributed by atoms with Gasteiger partial charge in [-0.3, -0.25) is 4.79 Å². The number of carbonyl (C=O) groups is 2. The van der Waals surface area contributed by atoms with Gasteiger partial charge in [-0.1, -0.05) is 48.5 Å². The molecule has 1 aliphatic carbocycles. The molecule has 0 fully saturated rings. The fourth-order valence-corrected chi connectivity index (χ4v) is 3.58. The number of ether oxygens (including phenoxy) is 1. The summed E-state index contributed by atoms with van der Waals surface area (Å²) in [5, 5.41) is 0. The van der Waals surface area contributed by atoms with Crippen molar-refractivity contribution in [2.45, 2.75) is 38.0 Å². The molecule has 0 saturated heterocycles. The molecule has 0 aliphatic heterocycles. The van der Waals surface area contributed by atoms with Gasteiger partial charge in [0.1, 0.15) is 5.78 Å². The molecule has 2 aromatic rings. The third kappa shape index (κ3) is 4.08. The molecule has 0 spiro atoms. The number of benzene rings is 2. The van der Waals surface area contributed by atoms with Crippen molar-refractivity contribution in [3.63, 3.8) is 0 Å². The van der Waals surface area contributed by atoms with Crippen molar-refractivity contribution >= 4 is 11.9 Å². The minimum atomic E-state index is -0.741. The lowest BCUT2D eigenvalue weighted by Crippen LogP contribution is -2.13. The maximum Gasteiger partial charge on any atom is 0.404 e. The molecule has 4 nitrogen and oxygen atoms in total. The van der Waals surface area contributed by atoms with Gasteiger partial charge in [-0.2, -0.15) is 0 Å². The van der Waals surface area contributed by atoms with Gasteiger partial charge in [0.2, 0.25) is 0 Å². The summed E-state index contributed by atoms with van der Waals surface area (Å²) in [6.07, 6.45) is 2.79. The molecule has 0 bridgehead atoms. The second kappa shape index (κ2) is 7.97. The summed E-state index contributed by atoms with van der Waals surface area (Å²) in [5.41, 5.74) is 9.92. The number of carbonyl (C=O) groups excluding carboxylic acids is 2. The Morgan fingerprint density at radius 1 is 0.880 bits per heavy atom. The van der Waals surface area contributed by atoms with Gasteiger partial charge in [-0.05, 0) is 41.5 Å². The largest absolute Gasteiger partial charge is 0.450 e. The van der Waals surface area contributed by atoms with Crippen molar-refractivity contribution < 1.29 is 14.3 Å². The van der Waals surface area contributed by atoms with Crippen LogP contribution in [-0.2, 0) is 9.53 Å². The number of fused-ring (bicyclic) bond motifs is 3. The quantitative estimate of drug-likeness (QED) is 0.725. The molecule has 0 heterocycles. The molecule has 4 heteroatoms. The molecule has 130 valence electrons. The number of amides is 1. The Morgan fingerprint density at radius 3 is 2.08 bits per heavy atom. The first-order valence-corrected chi connectivity index (χ1v) is 8.79. The van der Waals surface area contributed by atoms with Crippen molar-refractivity contribution in [3.05, 3.63) is 59.7 Å². The van der Waals surface area contributed by atoms with E-state index in [1.54, 1.807) is 0 Å². The summed E-state index contributed by atoms with van der Waals surface area (Å²) in [4.78, 5) is 22.9. The SMILES string of the molecule is NC(=O)OCCCCCC(=O)CC1c2ccccc2-c2ccccc21. The second-order valence-electron chi connectivity index (χ2n) is 6.45. The summed E-state index contributed by atoms with van der Waals surface area (Å²) in [5.74, 6) is 0.449. The lowest BCUT2D eigenvalue weighted by Gasteiger charge is -2.12. The van der Waals surface area contributed by atoms with Crippen molar-refractivity contribution in [1.82, 2.24) is 0 Å². The Balaban J connectivity index is 1.56. The number of Topliss-reactive ketones (excluding diaryl/α,β-unsaturated/α-hetero) is 1. The van der Waals surface area contributed by atoms with E-state index >= 15 is 0 Å². The number of primary amides is 1. The van der Waals surface area contributed by atoms with E-state index in [-0.39, 0.29) is 11.7 Å². The molecule has 3 rings (SSSR count). The molecular formula is C21H23NO3. The molecule has 2 aromatic carbocycles. The van der Waals surface area contributed by atoms with Gasteiger partial charge >= 0.3 is 6.09 Å². The van der Waals surface area contributed by atoms with Crippen LogP contribution in [-0.4, -0.2) is 18.5 Å². The van der Waals surface area contributed by atoms with Crippen LogP contribution in [0.5, 0.6) is 0 Å². The zero-order valence-electron chi connectivity index (χ0n) is 14.2. The predicted molar refractivity (Wildman–Crippen MR) is 97.3 cm³/mol. The normalized spacial score (nSPS) is 12.5. The van der Waals surface area contributed by atoms with E-state index in [4.69, 9.17) is 5.73 Å². The lowest BCUT2D eigenvalue weighted by molar-refractivity contribution is -0.119. The molecule has 25 heavy (non-hydrogen) atoms. The highest BCUT2D eigenvalue weighted by Crippen LogP contribution is 2.46. The van der Waals surface area contributed by atoms with E-state index in [1.165, 1.54) is 22.3 Å². The maximum atomic E-state index is 12.5. The van der Waals surface area contributed by atoms with Gasteiger partial charge in [0.25, 0.3) is 0 Å². The molecule has 0 atom stereocenters. The van der Waals surface area contributed by atoms with Gasteiger partial charge in [0.05, 0.1) is 6.61 Å². The Kier molecular flexibility index (Phi) is 5.49. The fraction of sp³-hybridized carbons (Fsp3) is 0.333. The first-order valence-electron chi connectivity index (χ1n) is 8.79.